The Balaban J connectivity index is 1.62. The number of aryl methyl sites for hydroxylation is 1. The van der Waals surface area contributed by atoms with Crippen LogP contribution in [0.3, 0.4) is 0 Å². The fourth-order valence-electron chi connectivity index (χ4n) is 3.15. The van der Waals surface area contributed by atoms with Crippen molar-refractivity contribution in [3.8, 4) is 11.5 Å². The van der Waals surface area contributed by atoms with Gasteiger partial charge in [-0.15, -0.1) is 0 Å². The first-order valence-electron chi connectivity index (χ1n) is 8.50. The van der Waals surface area contributed by atoms with E-state index in [0.29, 0.717) is 28.1 Å². The third-order valence-corrected chi connectivity index (χ3v) is 4.49. The highest BCUT2D eigenvalue weighted by Gasteiger charge is 2.22. The molecule has 26 heavy (non-hydrogen) atoms. The van der Waals surface area contributed by atoms with Gasteiger partial charge < -0.3 is 19.2 Å². The SMILES string of the molecule is Cc1noc2nc(-c3ccco3)cc(C(=O)NCC(=O)N3CCCC3)c12. The highest BCUT2D eigenvalue weighted by molar-refractivity contribution is 6.07. The van der Waals surface area contributed by atoms with Gasteiger partial charge in [0.05, 0.1) is 29.5 Å². The molecule has 0 saturated carbocycles. The van der Waals surface area contributed by atoms with Crippen LogP contribution in [0.1, 0.15) is 28.9 Å². The van der Waals surface area contributed by atoms with Crippen molar-refractivity contribution in [2.45, 2.75) is 19.8 Å². The second-order valence-electron chi connectivity index (χ2n) is 6.25. The number of likely N-dealkylation sites (tertiary alicyclic amines) is 1. The van der Waals surface area contributed by atoms with Crippen molar-refractivity contribution in [3.63, 3.8) is 0 Å². The summed E-state index contributed by atoms with van der Waals surface area (Å²) < 4.78 is 10.6. The molecule has 0 unspecified atom stereocenters. The van der Waals surface area contributed by atoms with Crippen LogP contribution in [-0.4, -0.2) is 46.5 Å². The van der Waals surface area contributed by atoms with Gasteiger partial charge in [-0.1, -0.05) is 5.16 Å². The molecular formula is C18H18N4O4. The second-order valence-corrected chi connectivity index (χ2v) is 6.25. The first-order chi connectivity index (χ1) is 12.6. The van der Waals surface area contributed by atoms with Crippen molar-refractivity contribution in [1.29, 1.82) is 0 Å². The normalized spacial score (nSPS) is 14.1. The third kappa shape index (κ3) is 2.94. The van der Waals surface area contributed by atoms with E-state index in [0.717, 1.165) is 25.9 Å². The van der Waals surface area contributed by atoms with Crippen LogP contribution in [0.4, 0.5) is 0 Å². The molecule has 1 saturated heterocycles. The van der Waals surface area contributed by atoms with Crippen LogP contribution in [-0.2, 0) is 4.79 Å². The van der Waals surface area contributed by atoms with Gasteiger partial charge in [0, 0.05) is 13.1 Å². The number of furan rings is 1. The number of hydrogen-bond acceptors (Lipinski definition) is 6. The zero-order chi connectivity index (χ0) is 18.1. The van der Waals surface area contributed by atoms with Gasteiger partial charge in [0.25, 0.3) is 11.6 Å². The summed E-state index contributed by atoms with van der Waals surface area (Å²) in [7, 11) is 0. The summed E-state index contributed by atoms with van der Waals surface area (Å²) in [5.74, 6) is 0.0710. The van der Waals surface area contributed by atoms with Crippen molar-refractivity contribution in [2.24, 2.45) is 0 Å². The first kappa shape index (κ1) is 16.3. The Kier molecular flexibility index (Phi) is 4.16. The zero-order valence-electron chi connectivity index (χ0n) is 14.3. The Morgan fingerprint density at radius 1 is 1.31 bits per heavy atom. The molecule has 0 aromatic carbocycles. The number of carbonyl (C=O) groups is 2. The smallest absolute Gasteiger partial charge is 0.259 e. The number of rotatable bonds is 4. The topological polar surface area (TPSA) is 101 Å². The number of fused-ring (bicyclic) bond motifs is 1. The summed E-state index contributed by atoms with van der Waals surface area (Å²) in [6.45, 7) is 3.21. The molecule has 1 aliphatic heterocycles. The van der Waals surface area contributed by atoms with Crippen molar-refractivity contribution < 1.29 is 18.5 Å². The van der Waals surface area contributed by atoms with Gasteiger partial charge in [-0.05, 0) is 38.0 Å². The number of aromatic nitrogens is 2. The highest BCUT2D eigenvalue weighted by Crippen LogP contribution is 2.27. The van der Waals surface area contributed by atoms with E-state index in [1.165, 1.54) is 6.26 Å². The molecule has 0 radical (unpaired) electrons. The van der Waals surface area contributed by atoms with Crippen LogP contribution in [0.5, 0.6) is 0 Å². The predicted octanol–water partition coefficient (Wildman–Crippen LogP) is 2.14. The lowest BCUT2D eigenvalue weighted by atomic mass is 10.1. The van der Waals surface area contributed by atoms with E-state index in [4.69, 9.17) is 8.94 Å². The minimum absolute atomic E-state index is 0.0386. The monoisotopic (exact) mass is 354 g/mol. The molecule has 0 atom stereocenters. The lowest BCUT2D eigenvalue weighted by molar-refractivity contribution is -0.129. The number of nitrogens with zero attached hydrogens (tertiary/aromatic N) is 3. The van der Waals surface area contributed by atoms with E-state index in [1.54, 1.807) is 30.0 Å². The number of pyridine rings is 1. The van der Waals surface area contributed by atoms with Gasteiger partial charge >= 0.3 is 0 Å². The maximum absolute atomic E-state index is 12.7. The fraction of sp³-hybridized carbons (Fsp3) is 0.333. The van der Waals surface area contributed by atoms with Crippen LogP contribution in [0.2, 0.25) is 0 Å². The number of nitrogens with one attached hydrogen (secondary N) is 1. The van der Waals surface area contributed by atoms with E-state index < -0.39 is 0 Å². The average Bonchev–Trinajstić information content (AvgIpc) is 3.40. The molecule has 4 heterocycles. The Morgan fingerprint density at radius 2 is 2.12 bits per heavy atom. The number of carbonyl (C=O) groups excluding carboxylic acids is 2. The molecule has 134 valence electrons. The van der Waals surface area contributed by atoms with Crippen molar-refractivity contribution in [1.82, 2.24) is 20.4 Å². The molecule has 3 aromatic rings. The maximum Gasteiger partial charge on any atom is 0.259 e. The van der Waals surface area contributed by atoms with Gasteiger partial charge in [-0.25, -0.2) is 4.98 Å². The standard InChI is InChI=1S/C18H18N4O4/c1-11-16-12(17(24)19-10-15(23)22-6-2-3-7-22)9-13(14-5-4-8-25-14)20-18(16)26-21-11/h4-5,8-9H,2-3,6-7,10H2,1H3,(H,19,24). The second kappa shape index (κ2) is 6.62. The Labute approximate surface area is 149 Å². The summed E-state index contributed by atoms with van der Waals surface area (Å²) in [5.41, 5.74) is 1.64. The number of amides is 2. The van der Waals surface area contributed by atoms with E-state index in [2.05, 4.69) is 15.5 Å². The van der Waals surface area contributed by atoms with Crippen molar-refractivity contribution in [2.75, 3.05) is 19.6 Å². The maximum atomic E-state index is 12.7. The molecular weight excluding hydrogens is 336 g/mol. The van der Waals surface area contributed by atoms with Gasteiger partial charge in [0.2, 0.25) is 5.91 Å². The molecule has 8 heteroatoms. The van der Waals surface area contributed by atoms with E-state index in [9.17, 15) is 9.59 Å². The quantitative estimate of drug-likeness (QED) is 0.770. The van der Waals surface area contributed by atoms with E-state index >= 15 is 0 Å². The Morgan fingerprint density at radius 3 is 2.85 bits per heavy atom. The lowest BCUT2D eigenvalue weighted by Crippen LogP contribution is -2.38. The van der Waals surface area contributed by atoms with Gasteiger partial charge in [0.15, 0.2) is 5.76 Å². The van der Waals surface area contributed by atoms with Gasteiger partial charge in [-0.2, -0.15) is 0 Å². The molecule has 1 aliphatic rings. The molecule has 1 fully saturated rings. The average molecular weight is 354 g/mol. The van der Waals surface area contributed by atoms with Crippen LogP contribution >= 0.6 is 0 Å². The molecule has 0 spiro atoms. The Bertz CT molecular complexity index is 955. The van der Waals surface area contributed by atoms with Gasteiger partial charge in [0.1, 0.15) is 5.69 Å². The Hall–Kier alpha value is -3.16. The highest BCUT2D eigenvalue weighted by atomic mass is 16.5. The summed E-state index contributed by atoms with van der Waals surface area (Å²) in [6, 6.07) is 5.11. The molecule has 0 bridgehead atoms. The molecule has 0 aliphatic carbocycles. The predicted molar refractivity (Wildman–Crippen MR) is 92.4 cm³/mol. The van der Waals surface area contributed by atoms with E-state index in [1.807, 2.05) is 0 Å². The van der Waals surface area contributed by atoms with Crippen molar-refractivity contribution in [3.05, 3.63) is 35.7 Å². The lowest BCUT2D eigenvalue weighted by Gasteiger charge is -2.15. The summed E-state index contributed by atoms with van der Waals surface area (Å²) in [4.78, 5) is 31.0. The third-order valence-electron chi connectivity index (χ3n) is 4.49. The fourth-order valence-corrected chi connectivity index (χ4v) is 3.15. The summed E-state index contributed by atoms with van der Waals surface area (Å²) in [5, 5.41) is 7.13. The summed E-state index contributed by atoms with van der Waals surface area (Å²) in [6.07, 6.45) is 3.55. The summed E-state index contributed by atoms with van der Waals surface area (Å²) >= 11 is 0. The molecule has 8 nitrogen and oxygen atoms in total. The first-order valence-corrected chi connectivity index (χ1v) is 8.50. The minimum atomic E-state index is -0.371. The van der Waals surface area contributed by atoms with Crippen LogP contribution in [0, 0.1) is 6.92 Å². The minimum Gasteiger partial charge on any atom is -0.463 e. The van der Waals surface area contributed by atoms with Gasteiger partial charge in [-0.3, -0.25) is 9.59 Å². The largest absolute Gasteiger partial charge is 0.463 e. The molecule has 1 N–H and O–H groups in total. The van der Waals surface area contributed by atoms with Crippen molar-refractivity contribution >= 4 is 22.9 Å². The molecule has 3 aromatic heterocycles. The molecule has 4 rings (SSSR count). The van der Waals surface area contributed by atoms with Crippen LogP contribution in [0.15, 0.2) is 33.4 Å². The van der Waals surface area contributed by atoms with Crippen LogP contribution < -0.4 is 5.32 Å². The zero-order valence-corrected chi connectivity index (χ0v) is 14.3. The van der Waals surface area contributed by atoms with E-state index in [-0.39, 0.29) is 24.1 Å². The number of hydrogen-bond donors (Lipinski definition) is 1. The molecule has 2 amide bonds. The van der Waals surface area contributed by atoms with Crippen LogP contribution in [0.25, 0.3) is 22.6 Å².